The van der Waals surface area contributed by atoms with Crippen LogP contribution in [0.3, 0.4) is 0 Å². The second-order valence-electron chi connectivity index (χ2n) is 5.67. The van der Waals surface area contributed by atoms with E-state index in [1.807, 2.05) is 24.3 Å². The van der Waals surface area contributed by atoms with Gasteiger partial charge in [-0.1, -0.05) is 31.4 Å². The Balaban J connectivity index is 1.81. The molecule has 122 valence electrons. The van der Waals surface area contributed by atoms with Crippen molar-refractivity contribution in [2.75, 3.05) is 20.3 Å². The topological polar surface area (TPSA) is 68.9 Å². The van der Waals surface area contributed by atoms with Gasteiger partial charge in [0.1, 0.15) is 12.4 Å². The molecule has 0 aliphatic heterocycles. The number of hydrogen-bond donors (Lipinski definition) is 2. The number of nitrogens with zero attached hydrogens (tertiary/aromatic N) is 1. The molecule has 5 heteroatoms. The lowest BCUT2D eigenvalue weighted by molar-refractivity contribution is 0.146. The molecule has 0 heterocycles. The smallest absolute Gasteiger partial charge is 0.189 e. The molecule has 1 saturated carbocycles. The Hall–Kier alpha value is -1.75. The summed E-state index contributed by atoms with van der Waals surface area (Å²) in [5.74, 6) is 1.38. The normalized spacial score (nSPS) is 16.5. The largest absolute Gasteiger partial charge is 0.491 e. The van der Waals surface area contributed by atoms with Crippen LogP contribution in [-0.2, 0) is 11.3 Å². The first-order chi connectivity index (χ1) is 10.8. The average Bonchev–Trinajstić information content (AvgIpc) is 2.55. The van der Waals surface area contributed by atoms with Gasteiger partial charge in [0.15, 0.2) is 5.96 Å². The number of guanidine groups is 1. The van der Waals surface area contributed by atoms with Gasteiger partial charge in [-0.2, -0.15) is 0 Å². The number of nitrogens with one attached hydrogen (secondary N) is 1. The fourth-order valence-electron chi connectivity index (χ4n) is 2.65. The van der Waals surface area contributed by atoms with E-state index in [1.54, 1.807) is 7.11 Å². The van der Waals surface area contributed by atoms with E-state index >= 15 is 0 Å². The first-order valence-electron chi connectivity index (χ1n) is 8.05. The minimum atomic E-state index is 0.487. The molecule has 22 heavy (non-hydrogen) atoms. The molecule has 0 unspecified atom stereocenters. The van der Waals surface area contributed by atoms with Crippen LogP contribution in [0.2, 0.25) is 0 Å². The lowest BCUT2D eigenvalue weighted by Gasteiger charge is -2.23. The predicted molar refractivity (Wildman–Crippen MR) is 89.1 cm³/mol. The van der Waals surface area contributed by atoms with E-state index in [0.29, 0.717) is 31.8 Å². The lowest BCUT2D eigenvalue weighted by Crippen LogP contribution is -2.41. The minimum Gasteiger partial charge on any atom is -0.491 e. The molecule has 1 fully saturated rings. The summed E-state index contributed by atoms with van der Waals surface area (Å²) in [6.07, 6.45) is 6.29. The van der Waals surface area contributed by atoms with Gasteiger partial charge in [-0.15, -0.1) is 0 Å². The van der Waals surface area contributed by atoms with Gasteiger partial charge >= 0.3 is 0 Å². The third-order valence-electron chi connectivity index (χ3n) is 3.84. The number of aliphatic imine (C=N–C) groups is 1. The summed E-state index contributed by atoms with van der Waals surface area (Å²) in [6, 6.07) is 8.42. The van der Waals surface area contributed by atoms with E-state index in [-0.39, 0.29) is 0 Å². The van der Waals surface area contributed by atoms with Gasteiger partial charge in [-0.05, 0) is 30.5 Å². The zero-order valence-electron chi connectivity index (χ0n) is 13.4. The maximum absolute atomic E-state index is 5.98. The van der Waals surface area contributed by atoms with Crippen molar-refractivity contribution in [2.45, 2.75) is 44.7 Å². The Kier molecular flexibility index (Phi) is 7.03. The summed E-state index contributed by atoms with van der Waals surface area (Å²) < 4.78 is 10.6. The number of ether oxygens (including phenoxy) is 2. The van der Waals surface area contributed by atoms with Gasteiger partial charge in [0, 0.05) is 13.2 Å². The highest BCUT2D eigenvalue weighted by Gasteiger charge is 2.13. The first kappa shape index (κ1) is 16.6. The third kappa shape index (κ3) is 5.93. The maximum Gasteiger partial charge on any atom is 0.189 e. The summed E-state index contributed by atoms with van der Waals surface area (Å²) in [4.78, 5) is 4.43. The Labute approximate surface area is 132 Å². The fraction of sp³-hybridized carbons (Fsp3) is 0.588. The third-order valence-corrected chi connectivity index (χ3v) is 3.84. The number of methoxy groups -OCH3 is 1. The van der Waals surface area contributed by atoms with E-state index in [2.05, 4.69) is 10.3 Å². The molecule has 0 bridgehead atoms. The van der Waals surface area contributed by atoms with Crippen molar-refractivity contribution in [3.05, 3.63) is 29.8 Å². The van der Waals surface area contributed by atoms with Gasteiger partial charge in [-0.25, -0.2) is 4.99 Å². The van der Waals surface area contributed by atoms with E-state index in [4.69, 9.17) is 15.2 Å². The minimum absolute atomic E-state index is 0.487. The quantitative estimate of drug-likeness (QED) is 0.461. The molecule has 1 aliphatic carbocycles. The second kappa shape index (κ2) is 9.30. The number of hydrogen-bond acceptors (Lipinski definition) is 3. The SMILES string of the molecule is COCCOc1cccc(CN=C(N)NC2CCCCC2)c1. The van der Waals surface area contributed by atoms with Gasteiger partial charge in [-0.3, -0.25) is 0 Å². The molecular weight excluding hydrogens is 278 g/mol. The first-order valence-corrected chi connectivity index (χ1v) is 8.05. The van der Waals surface area contributed by atoms with Crippen molar-refractivity contribution in [3.8, 4) is 5.75 Å². The molecule has 2 rings (SSSR count). The van der Waals surface area contributed by atoms with Crippen molar-refractivity contribution in [1.82, 2.24) is 5.32 Å². The van der Waals surface area contributed by atoms with Crippen LogP contribution >= 0.6 is 0 Å². The number of nitrogens with two attached hydrogens (primary N) is 1. The molecule has 1 aromatic carbocycles. The summed E-state index contributed by atoms with van der Waals surface area (Å²) in [7, 11) is 1.66. The molecule has 0 amide bonds. The Morgan fingerprint density at radius 3 is 2.86 bits per heavy atom. The van der Waals surface area contributed by atoms with Gasteiger partial charge in [0.2, 0.25) is 0 Å². The highest BCUT2D eigenvalue weighted by atomic mass is 16.5. The molecule has 0 spiro atoms. The maximum atomic E-state index is 5.98. The molecule has 5 nitrogen and oxygen atoms in total. The summed E-state index contributed by atoms with van der Waals surface area (Å²) in [5.41, 5.74) is 7.07. The van der Waals surface area contributed by atoms with Gasteiger partial charge < -0.3 is 20.5 Å². The Morgan fingerprint density at radius 2 is 2.09 bits per heavy atom. The molecule has 0 atom stereocenters. The van der Waals surface area contributed by atoms with Crippen molar-refractivity contribution >= 4 is 5.96 Å². The van der Waals surface area contributed by atoms with Crippen LogP contribution < -0.4 is 15.8 Å². The highest BCUT2D eigenvalue weighted by Crippen LogP contribution is 2.17. The highest BCUT2D eigenvalue weighted by molar-refractivity contribution is 5.78. The number of benzene rings is 1. The molecule has 0 saturated heterocycles. The summed E-state index contributed by atoms with van der Waals surface area (Å²) >= 11 is 0. The standard InChI is InChI=1S/C17H27N3O2/c1-21-10-11-22-16-9-5-6-14(12-16)13-19-17(18)20-15-7-3-2-4-8-15/h5-6,9,12,15H,2-4,7-8,10-11,13H2,1H3,(H3,18,19,20). The van der Waals surface area contributed by atoms with Crippen LogP contribution in [-0.4, -0.2) is 32.3 Å². The van der Waals surface area contributed by atoms with E-state index in [1.165, 1.54) is 32.1 Å². The van der Waals surface area contributed by atoms with Gasteiger partial charge in [0.25, 0.3) is 0 Å². The molecule has 1 aromatic rings. The molecule has 1 aliphatic rings. The van der Waals surface area contributed by atoms with Crippen molar-refractivity contribution in [2.24, 2.45) is 10.7 Å². The molecule has 0 aromatic heterocycles. The fourth-order valence-corrected chi connectivity index (χ4v) is 2.65. The number of rotatable bonds is 7. The lowest BCUT2D eigenvalue weighted by atomic mass is 9.96. The van der Waals surface area contributed by atoms with Crippen LogP contribution in [0, 0.1) is 0 Å². The van der Waals surface area contributed by atoms with E-state index in [9.17, 15) is 0 Å². The van der Waals surface area contributed by atoms with Crippen LogP contribution in [0.5, 0.6) is 5.75 Å². The molecular formula is C17H27N3O2. The molecule has 0 radical (unpaired) electrons. The van der Waals surface area contributed by atoms with E-state index < -0.39 is 0 Å². The Bertz CT molecular complexity index is 471. The second-order valence-corrected chi connectivity index (χ2v) is 5.67. The van der Waals surface area contributed by atoms with Crippen LogP contribution in [0.1, 0.15) is 37.7 Å². The predicted octanol–water partition coefficient (Wildman–Crippen LogP) is 2.45. The summed E-state index contributed by atoms with van der Waals surface area (Å²) in [6.45, 7) is 1.70. The zero-order valence-corrected chi connectivity index (χ0v) is 13.4. The summed E-state index contributed by atoms with van der Waals surface area (Å²) in [5, 5.41) is 3.33. The van der Waals surface area contributed by atoms with Crippen LogP contribution in [0.25, 0.3) is 0 Å². The van der Waals surface area contributed by atoms with Gasteiger partial charge in [0.05, 0.1) is 13.2 Å². The Morgan fingerprint density at radius 1 is 1.27 bits per heavy atom. The molecule has 3 N–H and O–H groups in total. The van der Waals surface area contributed by atoms with Crippen LogP contribution in [0.4, 0.5) is 0 Å². The van der Waals surface area contributed by atoms with E-state index in [0.717, 1.165) is 11.3 Å². The average molecular weight is 305 g/mol. The van der Waals surface area contributed by atoms with Crippen molar-refractivity contribution < 1.29 is 9.47 Å². The zero-order chi connectivity index (χ0) is 15.6. The monoisotopic (exact) mass is 305 g/mol. The van der Waals surface area contributed by atoms with Crippen LogP contribution in [0.15, 0.2) is 29.3 Å². The van der Waals surface area contributed by atoms with Crippen molar-refractivity contribution in [3.63, 3.8) is 0 Å². The van der Waals surface area contributed by atoms with Crippen molar-refractivity contribution in [1.29, 1.82) is 0 Å².